The number of carbonyl (C=O) groups is 3. The van der Waals surface area contributed by atoms with E-state index >= 15 is 0 Å². The molecule has 0 saturated carbocycles. The summed E-state index contributed by atoms with van der Waals surface area (Å²) in [5.74, 6) is -0.546. The normalized spacial score (nSPS) is 15.0. The Morgan fingerprint density at radius 2 is 1.87 bits per heavy atom. The maximum atomic E-state index is 13.1. The van der Waals surface area contributed by atoms with E-state index in [2.05, 4.69) is 10.1 Å². The highest BCUT2D eigenvalue weighted by atomic mass is 19.1. The summed E-state index contributed by atoms with van der Waals surface area (Å²) in [6, 6.07) is 11.3. The van der Waals surface area contributed by atoms with Crippen molar-refractivity contribution in [3.63, 3.8) is 0 Å². The van der Waals surface area contributed by atoms with E-state index in [9.17, 15) is 18.8 Å². The molecule has 0 radical (unpaired) electrons. The minimum atomic E-state index is -0.659. The molecule has 3 aromatic rings. The molecule has 152 valence electrons. The molecule has 1 aromatic carbocycles. The smallest absolute Gasteiger partial charge is 0.373 e. The second kappa shape index (κ2) is 7.70. The minimum absolute atomic E-state index is 0.0275. The highest BCUT2D eigenvalue weighted by molar-refractivity contribution is 6.13. The predicted molar refractivity (Wildman–Crippen MR) is 101 cm³/mol. The SMILES string of the molecule is COC(=O)c1ccc(CN2C(=O)N/C(=C\c3ccc(-c4ccc(F)cc4)o3)C2=O)o1. The van der Waals surface area contributed by atoms with Crippen molar-refractivity contribution in [1.29, 1.82) is 0 Å². The Morgan fingerprint density at radius 3 is 2.60 bits per heavy atom. The summed E-state index contributed by atoms with van der Waals surface area (Å²) in [4.78, 5) is 37.2. The van der Waals surface area contributed by atoms with Gasteiger partial charge in [0.05, 0.1) is 13.7 Å². The number of nitrogens with one attached hydrogen (secondary N) is 1. The van der Waals surface area contributed by atoms with Gasteiger partial charge in [0.15, 0.2) is 0 Å². The Labute approximate surface area is 169 Å². The number of ether oxygens (including phenoxy) is 1. The van der Waals surface area contributed by atoms with Crippen LogP contribution >= 0.6 is 0 Å². The van der Waals surface area contributed by atoms with Crippen molar-refractivity contribution in [2.45, 2.75) is 6.54 Å². The highest BCUT2D eigenvalue weighted by Crippen LogP contribution is 2.25. The van der Waals surface area contributed by atoms with Crippen molar-refractivity contribution in [3.05, 3.63) is 77.3 Å². The first-order valence-electron chi connectivity index (χ1n) is 8.82. The fraction of sp³-hybridized carbons (Fsp3) is 0.0952. The topological polar surface area (TPSA) is 102 Å². The first kappa shape index (κ1) is 19.2. The number of hydrogen-bond acceptors (Lipinski definition) is 6. The molecule has 3 heterocycles. The van der Waals surface area contributed by atoms with Gasteiger partial charge in [0.25, 0.3) is 5.91 Å². The van der Waals surface area contributed by atoms with Crippen molar-refractivity contribution < 1.29 is 32.3 Å². The quantitative estimate of drug-likeness (QED) is 0.392. The standard InChI is InChI=1S/C21H15FN2O6/c1-28-20(26)18-9-7-15(30-18)11-24-19(25)16(23-21(24)27)10-14-6-8-17(29-14)12-2-4-13(22)5-3-12/h2-10H,11H2,1H3,(H,23,27)/b16-10-. The number of rotatable bonds is 5. The van der Waals surface area contributed by atoms with Crippen molar-refractivity contribution in [1.82, 2.24) is 10.2 Å². The van der Waals surface area contributed by atoms with Crippen LogP contribution in [0, 0.1) is 5.82 Å². The Kier molecular flexibility index (Phi) is 4.93. The first-order chi connectivity index (χ1) is 14.4. The molecule has 2 aromatic heterocycles. The number of esters is 1. The molecule has 0 atom stereocenters. The third kappa shape index (κ3) is 3.72. The molecule has 8 nitrogen and oxygen atoms in total. The van der Waals surface area contributed by atoms with Gasteiger partial charge in [-0.3, -0.25) is 9.69 Å². The van der Waals surface area contributed by atoms with Gasteiger partial charge in [-0.1, -0.05) is 0 Å². The van der Waals surface area contributed by atoms with Crippen molar-refractivity contribution in [2.24, 2.45) is 0 Å². The fourth-order valence-electron chi connectivity index (χ4n) is 2.89. The Morgan fingerprint density at radius 1 is 1.10 bits per heavy atom. The minimum Gasteiger partial charge on any atom is -0.463 e. The zero-order valence-corrected chi connectivity index (χ0v) is 15.7. The number of methoxy groups -OCH3 is 1. The molecular weight excluding hydrogens is 395 g/mol. The summed E-state index contributed by atoms with van der Waals surface area (Å²) < 4.78 is 28.6. The van der Waals surface area contributed by atoms with Gasteiger partial charge in [-0.15, -0.1) is 0 Å². The maximum absolute atomic E-state index is 13.1. The summed E-state index contributed by atoms with van der Waals surface area (Å²) >= 11 is 0. The summed E-state index contributed by atoms with van der Waals surface area (Å²) in [7, 11) is 1.22. The van der Waals surface area contributed by atoms with Crippen LogP contribution in [0.3, 0.4) is 0 Å². The third-order valence-electron chi connectivity index (χ3n) is 4.37. The highest BCUT2D eigenvalue weighted by Gasteiger charge is 2.34. The van der Waals surface area contributed by atoms with Crippen LogP contribution in [0.1, 0.15) is 22.1 Å². The number of furan rings is 2. The molecule has 0 unspecified atom stereocenters. The van der Waals surface area contributed by atoms with Crippen LogP contribution in [0.4, 0.5) is 9.18 Å². The van der Waals surface area contributed by atoms with Gasteiger partial charge < -0.3 is 18.9 Å². The molecular formula is C21H15FN2O6. The molecule has 0 spiro atoms. The molecule has 1 aliphatic heterocycles. The molecule has 4 rings (SSSR count). The zero-order valence-electron chi connectivity index (χ0n) is 15.7. The molecule has 1 saturated heterocycles. The molecule has 3 amide bonds. The van der Waals surface area contributed by atoms with Crippen LogP contribution < -0.4 is 5.32 Å². The Hall–Kier alpha value is -4.14. The number of urea groups is 1. The van der Waals surface area contributed by atoms with Gasteiger partial charge in [0.1, 0.15) is 28.8 Å². The van der Waals surface area contributed by atoms with Gasteiger partial charge in [0.2, 0.25) is 5.76 Å². The van der Waals surface area contributed by atoms with E-state index in [1.807, 2.05) is 0 Å². The van der Waals surface area contributed by atoms with Crippen LogP contribution in [0.5, 0.6) is 0 Å². The summed E-state index contributed by atoms with van der Waals surface area (Å²) in [5, 5.41) is 2.48. The summed E-state index contributed by atoms with van der Waals surface area (Å²) in [5.41, 5.74) is 0.698. The average Bonchev–Trinajstić information content (AvgIpc) is 3.45. The maximum Gasteiger partial charge on any atom is 0.373 e. The lowest BCUT2D eigenvalue weighted by molar-refractivity contribution is -0.123. The first-order valence-corrected chi connectivity index (χ1v) is 8.82. The van der Waals surface area contributed by atoms with Gasteiger partial charge in [-0.25, -0.2) is 14.0 Å². The van der Waals surface area contributed by atoms with E-state index in [0.717, 1.165) is 4.90 Å². The van der Waals surface area contributed by atoms with E-state index in [4.69, 9.17) is 8.83 Å². The fourth-order valence-corrected chi connectivity index (χ4v) is 2.89. The second-order valence-corrected chi connectivity index (χ2v) is 6.35. The number of imide groups is 1. The van der Waals surface area contributed by atoms with E-state index < -0.39 is 17.9 Å². The number of benzene rings is 1. The van der Waals surface area contributed by atoms with E-state index in [1.165, 1.54) is 37.5 Å². The Bertz CT molecular complexity index is 1160. The van der Waals surface area contributed by atoms with E-state index in [1.54, 1.807) is 24.3 Å². The van der Waals surface area contributed by atoms with Crippen molar-refractivity contribution in [2.75, 3.05) is 7.11 Å². The zero-order chi connectivity index (χ0) is 21.3. The van der Waals surface area contributed by atoms with Gasteiger partial charge in [0, 0.05) is 11.6 Å². The number of amides is 3. The third-order valence-corrected chi connectivity index (χ3v) is 4.37. The van der Waals surface area contributed by atoms with Crippen molar-refractivity contribution in [3.8, 4) is 11.3 Å². The van der Waals surface area contributed by atoms with Crippen LogP contribution in [0.15, 0.2) is 63.1 Å². The summed E-state index contributed by atoms with van der Waals surface area (Å²) in [6.07, 6.45) is 1.40. The average molecular weight is 410 g/mol. The number of hydrogen-bond donors (Lipinski definition) is 1. The van der Waals surface area contributed by atoms with Gasteiger partial charge in [-0.05, 0) is 48.5 Å². The van der Waals surface area contributed by atoms with Crippen LogP contribution in [-0.2, 0) is 16.1 Å². The van der Waals surface area contributed by atoms with E-state index in [0.29, 0.717) is 17.1 Å². The molecule has 1 N–H and O–H groups in total. The number of carbonyl (C=O) groups excluding carboxylic acids is 3. The van der Waals surface area contributed by atoms with Gasteiger partial charge >= 0.3 is 12.0 Å². The van der Waals surface area contributed by atoms with Crippen LogP contribution in [-0.4, -0.2) is 29.9 Å². The molecule has 30 heavy (non-hydrogen) atoms. The molecule has 0 bridgehead atoms. The molecule has 0 aliphatic carbocycles. The lowest BCUT2D eigenvalue weighted by atomic mass is 10.2. The number of halogens is 1. The molecule has 1 aliphatic rings. The Balaban J connectivity index is 1.50. The lowest BCUT2D eigenvalue weighted by Crippen LogP contribution is -2.30. The molecule has 9 heteroatoms. The van der Waals surface area contributed by atoms with Crippen LogP contribution in [0.2, 0.25) is 0 Å². The van der Waals surface area contributed by atoms with Crippen molar-refractivity contribution >= 4 is 24.0 Å². The molecule has 1 fully saturated rings. The number of nitrogens with zero attached hydrogens (tertiary/aromatic N) is 1. The van der Waals surface area contributed by atoms with Crippen LogP contribution in [0.25, 0.3) is 17.4 Å². The van der Waals surface area contributed by atoms with E-state index in [-0.39, 0.29) is 29.6 Å². The largest absolute Gasteiger partial charge is 0.463 e. The summed E-state index contributed by atoms with van der Waals surface area (Å²) in [6.45, 7) is -0.155. The lowest BCUT2D eigenvalue weighted by Gasteiger charge is -2.09. The predicted octanol–water partition coefficient (Wildman–Crippen LogP) is 3.56. The monoisotopic (exact) mass is 410 g/mol. The second-order valence-electron chi connectivity index (χ2n) is 6.35. The van der Waals surface area contributed by atoms with Gasteiger partial charge in [-0.2, -0.15) is 0 Å².